The molecule has 4 aromatic rings. The highest BCUT2D eigenvalue weighted by Crippen LogP contribution is 2.37. The molecule has 4 aromatic carbocycles. The van der Waals surface area contributed by atoms with Crippen molar-refractivity contribution < 1.29 is 0 Å². The first-order chi connectivity index (χ1) is 12.7. The van der Waals surface area contributed by atoms with Gasteiger partial charge in [-0.15, -0.1) is 0 Å². The Morgan fingerprint density at radius 2 is 0.923 bits per heavy atom. The zero-order valence-corrected chi connectivity index (χ0v) is 14.4. The van der Waals surface area contributed by atoms with Crippen LogP contribution in [0.4, 0.5) is 11.4 Å². The molecule has 0 unspecified atom stereocenters. The summed E-state index contributed by atoms with van der Waals surface area (Å²) < 4.78 is 0. The minimum absolute atomic E-state index is 0.732. The summed E-state index contributed by atoms with van der Waals surface area (Å²) in [6, 6.07) is 32.8. The molecule has 0 atom stereocenters. The largest absolute Gasteiger partial charge is 0.398 e. The van der Waals surface area contributed by atoms with E-state index in [1.54, 1.807) is 0 Å². The van der Waals surface area contributed by atoms with Crippen LogP contribution in [0.5, 0.6) is 0 Å². The number of para-hydroxylation sites is 2. The fourth-order valence-electron chi connectivity index (χ4n) is 3.27. The van der Waals surface area contributed by atoms with Crippen molar-refractivity contribution in [2.24, 2.45) is 0 Å². The molecule has 0 saturated heterocycles. The van der Waals surface area contributed by atoms with Crippen molar-refractivity contribution in [2.45, 2.75) is 0 Å². The summed E-state index contributed by atoms with van der Waals surface area (Å²) in [5.41, 5.74) is 20.6. The van der Waals surface area contributed by atoms with E-state index in [1.807, 2.05) is 42.5 Å². The lowest BCUT2D eigenvalue weighted by molar-refractivity contribution is 1.57. The van der Waals surface area contributed by atoms with Gasteiger partial charge in [-0.05, 0) is 22.8 Å². The molecule has 0 saturated carbocycles. The topological polar surface area (TPSA) is 52.0 Å². The molecule has 0 aliphatic carbocycles. The summed E-state index contributed by atoms with van der Waals surface area (Å²) >= 11 is 0. The molecule has 126 valence electrons. The van der Waals surface area contributed by atoms with Crippen molar-refractivity contribution in [2.75, 3.05) is 11.5 Å². The zero-order chi connectivity index (χ0) is 17.9. The second kappa shape index (κ2) is 6.77. The third kappa shape index (κ3) is 2.93. The Labute approximate surface area is 153 Å². The summed E-state index contributed by atoms with van der Waals surface area (Å²) in [7, 11) is 0. The molecule has 0 amide bonds. The normalized spacial score (nSPS) is 10.6. The Bertz CT molecular complexity index is 1040. The van der Waals surface area contributed by atoms with Crippen molar-refractivity contribution in [3.8, 4) is 33.4 Å². The van der Waals surface area contributed by atoms with E-state index in [2.05, 4.69) is 54.6 Å². The van der Waals surface area contributed by atoms with Gasteiger partial charge in [0.15, 0.2) is 0 Å². The van der Waals surface area contributed by atoms with Gasteiger partial charge in [0.2, 0.25) is 0 Å². The molecule has 4 rings (SSSR count). The highest BCUT2D eigenvalue weighted by molar-refractivity contribution is 5.92. The first kappa shape index (κ1) is 16.0. The second-order valence-corrected chi connectivity index (χ2v) is 6.30. The minimum Gasteiger partial charge on any atom is -0.398 e. The third-order valence-electron chi connectivity index (χ3n) is 4.66. The van der Waals surface area contributed by atoms with Crippen LogP contribution in [0.3, 0.4) is 0 Å². The molecule has 0 aromatic heterocycles. The van der Waals surface area contributed by atoms with E-state index in [0.29, 0.717) is 0 Å². The Morgan fingerprint density at radius 3 is 1.65 bits per heavy atom. The van der Waals surface area contributed by atoms with Crippen molar-refractivity contribution in [1.29, 1.82) is 0 Å². The van der Waals surface area contributed by atoms with E-state index < -0.39 is 0 Å². The van der Waals surface area contributed by atoms with Crippen LogP contribution in [0.25, 0.3) is 33.4 Å². The molecule has 4 N–H and O–H groups in total. The maximum atomic E-state index is 6.51. The molecule has 0 spiro atoms. The Hall–Kier alpha value is -3.52. The van der Waals surface area contributed by atoms with E-state index in [9.17, 15) is 0 Å². The van der Waals surface area contributed by atoms with Gasteiger partial charge >= 0.3 is 0 Å². The van der Waals surface area contributed by atoms with Crippen LogP contribution in [0.1, 0.15) is 0 Å². The summed E-state index contributed by atoms with van der Waals surface area (Å²) in [5.74, 6) is 0. The molecule has 0 aliphatic rings. The first-order valence-electron chi connectivity index (χ1n) is 8.63. The summed E-state index contributed by atoms with van der Waals surface area (Å²) in [6.07, 6.45) is 0. The number of nitrogens with two attached hydrogens (primary N) is 2. The second-order valence-electron chi connectivity index (χ2n) is 6.30. The molecule has 0 radical (unpaired) electrons. The number of hydrogen-bond acceptors (Lipinski definition) is 2. The molecule has 0 aliphatic heterocycles. The summed E-state index contributed by atoms with van der Waals surface area (Å²) in [4.78, 5) is 0. The minimum atomic E-state index is 0.732. The molecular formula is C24H20N2. The third-order valence-corrected chi connectivity index (χ3v) is 4.66. The molecule has 26 heavy (non-hydrogen) atoms. The van der Waals surface area contributed by atoms with Crippen LogP contribution in [-0.2, 0) is 0 Å². The van der Waals surface area contributed by atoms with E-state index in [4.69, 9.17) is 11.5 Å². The zero-order valence-electron chi connectivity index (χ0n) is 14.4. The Kier molecular flexibility index (Phi) is 4.16. The lowest BCUT2D eigenvalue weighted by Crippen LogP contribution is -1.96. The van der Waals surface area contributed by atoms with E-state index >= 15 is 0 Å². The van der Waals surface area contributed by atoms with Gasteiger partial charge in [-0.25, -0.2) is 0 Å². The van der Waals surface area contributed by atoms with Crippen molar-refractivity contribution in [3.05, 3.63) is 97.1 Å². The monoisotopic (exact) mass is 336 g/mol. The standard InChI is InChI=1S/C24H20N2/c25-23-12-5-4-9-21(23)22-11-6-10-20(24(22)26)19-15-13-18(14-16-19)17-7-2-1-3-8-17/h1-16H,25-26H2. The fourth-order valence-corrected chi connectivity index (χ4v) is 3.27. The Balaban J connectivity index is 1.75. The van der Waals surface area contributed by atoms with Crippen LogP contribution < -0.4 is 11.5 Å². The van der Waals surface area contributed by atoms with Crippen molar-refractivity contribution in [3.63, 3.8) is 0 Å². The van der Waals surface area contributed by atoms with Crippen molar-refractivity contribution in [1.82, 2.24) is 0 Å². The van der Waals surface area contributed by atoms with Gasteiger partial charge in [0.1, 0.15) is 0 Å². The maximum absolute atomic E-state index is 6.51. The lowest BCUT2D eigenvalue weighted by Gasteiger charge is -2.13. The van der Waals surface area contributed by atoms with Gasteiger partial charge in [0.25, 0.3) is 0 Å². The van der Waals surface area contributed by atoms with Gasteiger partial charge in [-0.3, -0.25) is 0 Å². The van der Waals surface area contributed by atoms with Gasteiger partial charge in [0.05, 0.1) is 0 Å². The molecule has 2 heteroatoms. The summed E-state index contributed by atoms with van der Waals surface area (Å²) in [5, 5.41) is 0. The molecule has 0 bridgehead atoms. The molecular weight excluding hydrogens is 316 g/mol. The van der Waals surface area contributed by atoms with Crippen LogP contribution in [0.15, 0.2) is 97.1 Å². The number of rotatable bonds is 3. The molecule has 0 heterocycles. The van der Waals surface area contributed by atoms with Gasteiger partial charge in [0, 0.05) is 28.1 Å². The van der Waals surface area contributed by atoms with Crippen LogP contribution in [-0.4, -0.2) is 0 Å². The highest BCUT2D eigenvalue weighted by atomic mass is 14.6. The predicted molar refractivity (Wildman–Crippen MR) is 112 cm³/mol. The molecule has 0 fully saturated rings. The van der Waals surface area contributed by atoms with Gasteiger partial charge in [-0.1, -0.05) is 91.0 Å². The predicted octanol–water partition coefficient (Wildman–Crippen LogP) is 5.85. The number of nitrogen functional groups attached to an aromatic ring is 2. The maximum Gasteiger partial charge on any atom is 0.0474 e. The first-order valence-corrected chi connectivity index (χ1v) is 8.63. The van der Waals surface area contributed by atoms with Crippen LogP contribution in [0.2, 0.25) is 0 Å². The smallest absolute Gasteiger partial charge is 0.0474 e. The number of hydrogen-bond donors (Lipinski definition) is 2. The fraction of sp³-hybridized carbons (Fsp3) is 0. The van der Waals surface area contributed by atoms with Crippen molar-refractivity contribution >= 4 is 11.4 Å². The van der Waals surface area contributed by atoms with Crippen LogP contribution in [0, 0.1) is 0 Å². The van der Waals surface area contributed by atoms with Crippen LogP contribution >= 0.6 is 0 Å². The number of anilines is 2. The Morgan fingerprint density at radius 1 is 0.385 bits per heavy atom. The number of benzene rings is 4. The van der Waals surface area contributed by atoms with E-state index in [1.165, 1.54) is 11.1 Å². The van der Waals surface area contributed by atoms with Gasteiger partial charge < -0.3 is 11.5 Å². The van der Waals surface area contributed by atoms with Gasteiger partial charge in [-0.2, -0.15) is 0 Å². The SMILES string of the molecule is Nc1ccccc1-c1cccc(-c2ccc(-c3ccccc3)cc2)c1N. The van der Waals surface area contributed by atoms with E-state index in [0.717, 1.165) is 33.6 Å². The van der Waals surface area contributed by atoms with E-state index in [-0.39, 0.29) is 0 Å². The quantitative estimate of drug-likeness (QED) is 0.461. The average molecular weight is 336 g/mol. The lowest BCUT2D eigenvalue weighted by atomic mass is 9.94. The summed E-state index contributed by atoms with van der Waals surface area (Å²) in [6.45, 7) is 0. The molecule has 2 nitrogen and oxygen atoms in total. The highest BCUT2D eigenvalue weighted by Gasteiger charge is 2.11. The average Bonchev–Trinajstić information content (AvgIpc) is 2.70.